The molecule has 6 nitrogen and oxygen atoms in total. The molecule has 2 N–H and O–H groups in total. The van der Waals surface area contributed by atoms with Crippen molar-refractivity contribution in [3.8, 4) is 0 Å². The average molecular weight is 393 g/mol. The zero-order chi connectivity index (χ0) is 20.5. The highest BCUT2D eigenvalue weighted by Crippen LogP contribution is 2.07. The zero-order valence-electron chi connectivity index (χ0n) is 17.2. The summed E-state index contributed by atoms with van der Waals surface area (Å²) in [4.78, 5) is 28.7. The summed E-state index contributed by atoms with van der Waals surface area (Å²) in [6, 6.07) is 6.34. The molecule has 0 aromatic heterocycles. The SMILES string of the molecule is CCC(C)NC(=O)CN1CCN(C(C)C(=O)NCCc2ccc(F)cc2)CC1. The molecule has 1 heterocycles. The van der Waals surface area contributed by atoms with Gasteiger partial charge in [0, 0.05) is 38.8 Å². The summed E-state index contributed by atoms with van der Waals surface area (Å²) in [5.41, 5.74) is 0.999. The predicted molar refractivity (Wildman–Crippen MR) is 108 cm³/mol. The van der Waals surface area contributed by atoms with Crippen LogP contribution in [0.15, 0.2) is 24.3 Å². The second kappa shape index (κ2) is 11.1. The van der Waals surface area contributed by atoms with Gasteiger partial charge >= 0.3 is 0 Å². The molecule has 2 unspecified atom stereocenters. The van der Waals surface area contributed by atoms with Crippen LogP contribution in [0.25, 0.3) is 0 Å². The maximum Gasteiger partial charge on any atom is 0.237 e. The summed E-state index contributed by atoms with van der Waals surface area (Å²) < 4.78 is 12.9. The summed E-state index contributed by atoms with van der Waals surface area (Å²) in [6.07, 6.45) is 1.60. The first-order chi connectivity index (χ1) is 13.4. The summed E-state index contributed by atoms with van der Waals surface area (Å²) in [6.45, 7) is 10.0. The number of carbonyl (C=O) groups excluding carboxylic acids is 2. The fourth-order valence-corrected chi connectivity index (χ4v) is 3.23. The number of benzene rings is 1. The molecule has 1 aliphatic heterocycles. The topological polar surface area (TPSA) is 64.7 Å². The summed E-state index contributed by atoms with van der Waals surface area (Å²) >= 11 is 0. The highest BCUT2D eigenvalue weighted by atomic mass is 19.1. The average Bonchev–Trinajstić information content (AvgIpc) is 2.69. The fraction of sp³-hybridized carbons (Fsp3) is 0.619. The number of hydrogen-bond donors (Lipinski definition) is 2. The van der Waals surface area contributed by atoms with Gasteiger partial charge < -0.3 is 10.6 Å². The Bertz CT molecular complexity index is 630. The highest BCUT2D eigenvalue weighted by molar-refractivity contribution is 5.81. The number of rotatable bonds is 9. The third kappa shape index (κ3) is 7.20. The summed E-state index contributed by atoms with van der Waals surface area (Å²) in [5.74, 6) is -0.183. The van der Waals surface area contributed by atoms with Crippen LogP contribution in [0.3, 0.4) is 0 Å². The van der Waals surface area contributed by atoms with E-state index in [9.17, 15) is 14.0 Å². The molecule has 7 heteroatoms. The number of carbonyl (C=O) groups is 2. The van der Waals surface area contributed by atoms with Crippen LogP contribution in [-0.4, -0.2) is 73.0 Å². The van der Waals surface area contributed by atoms with E-state index in [0.29, 0.717) is 19.5 Å². The summed E-state index contributed by atoms with van der Waals surface area (Å²) in [7, 11) is 0. The van der Waals surface area contributed by atoms with Crippen molar-refractivity contribution in [3.05, 3.63) is 35.6 Å². The van der Waals surface area contributed by atoms with Crippen LogP contribution >= 0.6 is 0 Å². The number of piperazine rings is 1. The lowest BCUT2D eigenvalue weighted by atomic mass is 10.1. The molecule has 2 rings (SSSR count). The normalized spacial score (nSPS) is 17.7. The van der Waals surface area contributed by atoms with Crippen molar-refractivity contribution < 1.29 is 14.0 Å². The Kier molecular flexibility index (Phi) is 8.86. The van der Waals surface area contributed by atoms with Crippen LogP contribution in [0, 0.1) is 5.82 Å². The minimum Gasteiger partial charge on any atom is -0.354 e. The van der Waals surface area contributed by atoms with Gasteiger partial charge in [-0.25, -0.2) is 4.39 Å². The lowest BCUT2D eigenvalue weighted by molar-refractivity contribution is -0.128. The molecule has 1 aliphatic rings. The first-order valence-electron chi connectivity index (χ1n) is 10.2. The van der Waals surface area contributed by atoms with Gasteiger partial charge in [0.25, 0.3) is 0 Å². The molecule has 0 saturated carbocycles. The van der Waals surface area contributed by atoms with Crippen molar-refractivity contribution in [2.24, 2.45) is 0 Å². The van der Waals surface area contributed by atoms with Crippen molar-refractivity contribution >= 4 is 11.8 Å². The Morgan fingerprint density at radius 2 is 1.75 bits per heavy atom. The molecule has 1 saturated heterocycles. The van der Waals surface area contributed by atoms with Gasteiger partial charge in [0.2, 0.25) is 11.8 Å². The number of nitrogens with one attached hydrogen (secondary N) is 2. The van der Waals surface area contributed by atoms with Gasteiger partial charge in [0.05, 0.1) is 12.6 Å². The molecule has 0 bridgehead atoms. The van der Waals surface area contributed by atoms with E-state index < -0.39 is 0 Å². The smallest absolute Gasteiger partial charge is 0.237 e. The molecular weight excluding hydrogens is 359 g/mol. The number of halogens is 1. The fourth-order valence-electron chi connectivity index (χ4n) is 3.23. The van der Waals surface area contributed by atoms with Crippen molar-refractivity contribution in [1.29, 1.82) is 0 Å². The van der Waals surface area contributed by atoms with Gasteiger partial charge in [0.15, 0.2) is 0 Å². The van der Waals surface area contributed by atoms with Crippen molar-refractivity contribution in [1.82, 2.24) is 20.4 Å². The maximum atomic E-state index is 12.9. The third-order valence-corrected chi connectivity index (χ3v) is 5.35. The number of hydrogen-bond acceptors (Lipinski definition) is 4. The van der Waals surface area contributed by atoms with E-state index in [1.165, 1.54) is 12.1 Å². The molecule has 156 valence electrons. The minimum absolute atomic E-state index is 0.00470. The van der Waals surface area contributed by atoms with E-state index in [-0.39, 0.29) is 29.7 Å². The van der Waals surface area contributed by atoms with Gasteiger partial charge in [-0.1, -0.05) is 19.1 Å². The van der Waals surface area contributed by atoms with Gasteiger partial charge in [-0.05, 0) is 44.4 Å². The monoisotopic (exact) mass is 392 g/mol. The molecule has 28 heavy (non-hydrogen) atoms. The number of amides is 2. The Hall–Kier alpha value is -1.99. The minimum atomic E-state index is -0.252. The second-order valence-corrected chi connectivity index (χ2v) is 7.53. The van der Waals surface area contributed by atoms with Crippen molar-refractivity contribution in [2.75, 3.05) is 39.3 Å². The van der Waals surface area contributed by atoms with E-state index >= 15 is 0 Å². The van der Waals surface area contributed by atoms with Crippen molar-refractivity contribution in [2.45, 2.75) is 45.7 Å². The molecule has 1 aromatic carbocycles. The molecule has 0 aliphatic carbocycles. The standard InChI is InChI=1S/C21H33FN4O2/c1-4-16(2)24-20(27)15-25-11-13-26(14-12-25)17(3)21(28)23-10-9-18-5-7-19(22)8-6-18/h5-8,16-17H,4,9-15H2,1-3H3,(H,23,28)(H,24,27). The molecule has 2 amide bonds. The molecular formula is C21H33FN4O2. The Labute approximate surface area is 167 Å². The van der Waals surface area contributed by atoms with E-state index in [0.717, 1.165) is 38.2 Å². The van der Waals surface area contributed by atoms with Crippen LogP contribution in [0.4, 0.5) is 4.39 Å². The first-order valence-corrected chi connectivity index (χ1v) is 10.2. The van der Waals surface area contributed by atoms with Crippen LogP contribution in [0.2, 0.25) is 0 Å². The molecule has 2 atom stereocenters. The Morgan fingerprint density at radius 3 is 2.36 bits per heavy atom. The van der Waals surface area contributed by atoms with E-state index in [4.69, 9.17) is 0 Å². The maximum absolute atomic E-state index is 12.9. The molecule has 0 radical (unpaired) electrons. The first kappa shape index (κ1) is 22.3. The highest BCUT2D eigenvalue weighted by Gasteiger charge is 2.26. The van der Waals surface area contributed by atoms with E-state index in [1.54, 1.807) is 12.1 Å². The van der Waals surface area contributed by atoms with Gasteiger partial charge in [0.1, 0.15) is 5.82 Å². The van der Waals surface area contributed by atoms with Crippen LogP contribution in [0.1, 0.15) is 32.8 Å². The van der Waals surface area contributed by atoms with Gasteiger partial charge in [-0.2, -0.15) is 0 Å². The van der Waals surface area contributed by atoms with Crippen LogP contribution in [0.5, 0.6) is 0 Å². The summed E-state index contributed by atoms with van der Waals surface area (Å²) in [5, 5.41) is 5.95. The van der Waals surface area contributed by atoms with Crippen LogP contribution in [-0.2, 0) is 16.0 Å². The zero-order valence-corrected chi connectivity index (χ0v) is 17.2. The lowest BCUT2D eigenvalue weighted by Gasteiger charge is -2.37. The Balaban J connectivity index is 1.67. The second-order valence-electron chi connectivity index (χ2n) is 7.53. The third-order valence-electron chi connectivity index (χ3n) is 5.35. The predicted octanol–water partition coefficient (Wildman–Crippen LogP) is 1.41. The molecule has 1 aromatic rings. The lowest BCUT2D eigenvalue weighted by Crippen LogP contribution is -2.55. The van der Waals surface area contributed by atoms with Gasteiger partial charge in [-0.15, -0.1) is 0 Å². The van der Waals surface area contributed by atoms with Crippen molar-refractivity contribution in [3.63, 3.8) is 0 Å². The number of nitrogens with zero attached hydrogens (tertiary/aromatic N) is 2. The quantitative estimate of drug-likeness (QED) is 0.667. The van der Waals surface area contributed by atoms with E-state index in [1.807, 2.05) is 13.8 Å². The largest absolute Gasteiger partial charge is 0.354 e. The molecule has 1 fully saturated rings. The van der Waals surface area contributed by atoms with E-state index in [2.05, 4.69) is 27.4 Å². The van der Waals surface area contributed by atoms with Gasteiger partial charge in [-0.3, -0.25) is 19.4 Å². The molecule has 0 spiro atoms. The van der Waals surface area contributed by atoms with Crippen LogP contribution < -0.4 is 10.6 Å². The Morgan fingerprint density at radius 1 is 1.11 bits per heavy atom.